The Morgan fingerprint density at radius 3 is 2.42 bits per heavy atom. The highest BCUT2D eigenvalue weighted by Gasteiger charge is 2.25. The van der Waals surface area contributed by atoms with Crippen molar-refractivity contribution in [2.24, 2.45) is 17.7 Å². The van der Waals surface area contributed by atoms with Gasteiger partial charge in [0.2, 0.25) is 0 Å². The fourth-order valence-corrected chi connectivity index (χ4v) is 2.99. The maximum Gasteiger partial charge on any atom is 0.148 e. The van der Waals surface area contributed by atoms with Gasteiger partial charge in [-0.3, -0.25) is 0 Å². The summed E-state index contributed by atoms with van der Waals surface area (Å²) in [6, 6.07) is 0. The molecule has 1 aromatic rings. The summed E-state index contributed by atoms with van der Waals surface area (Å²) in [6.07, 6.45) is 2.12. The van der Waals surface area contributed by atoms with Gasteiger partial charge in [0.1, 0.15) is 17.5 Å². The fraction of sp³-hybridized carbons (Fsp3) is 0.714. The number of piperidine rings is 1. The summed E-state index contributed by atoms with van der Waals surface area (Å²) in [5, 5.41) is 0. The zero-order valence-corrected chi connectivity index (χ0v) is 12.4. The summed E-state index contributed by atoms with van der Waals surface area (Å²) in [6.45, 7) is 10.8. The first-order valence-electron chi connectivity index (χ1n) is 7.14. The Hall–Kier alpha value is -1.36. The molecule has 0 saturated carbocycles. The number of nitrogens with two attached hydrogens (primary N) is 1. The van der Waals surface area contributed by atoms with Crippen molar-refractivity contribution in [2.45, 2.75) is 40.5 Å². The smallest absolute Gasteiger partial charge is 0.148 e. The molecule has 2 atom stereocenters. The number of nitrogens with one attached hydrogen (secondary N) is 1. The van der Waals surface area contributed by atoms with Crippen LogP contribution in [-0.2, 0) is 6.42 Å². The molecule has 0 radical (unpaired) electrons. The van der Waals surface area contributed by atoms with Crippen LogP contribution in [0.2, 0.25) is 0 Å². The molecule has 5 heteroatoms. The number of aryl methyl sites for hydroxylation is 1. The lowest BCUT2D eigenvalue weighted by Gasteiger charge is -2.36. The van der Waals surface area contributed by atoms with Gasteiger partial charge in [0.05, 0.1) is 0 Å². The van der Waals surface area contributed by atoms with Crippen molar-refractivity contribution < 1.29 is 0 Å². The Bertz CT molecular complexity index is 436. The summed E-state index contributed by atoms with van der Waals surface area (Å²) >= 11 is 0. The van der Waals surface area contributed by atoms with Crippen LogP contribution in [0.3, 0.4) is 0 Å². The molecule has 1 aromatic heterocycles. The Morgan fingerprint density at radius 2 is 1.89 bits per heavy atom. The zero-order valence-electron chi connectivity index (χ0n) is 12.4. The number of hydrogen-bond acceptors (Lipinski definition) is 5. The van der Waals surface area contributed by atoms with Crippen molar-refractivity contribution in [3.63, 3.8) is 0 Å². The first-order valence-corrected chi connectivity index (χ1v) is 7.14. The molecule has 1 saturated heterocycles. The molecule has 1 fully saturated rings. The number of hydrazine groups is 1. The molecule has 2 rings (SSSR count). The van der Waals surface area contributed by atoms with Gasteiger partial charge in [-0.15, -0.1) is 0 Å². The molecule has 1 aliphatic heterocycles. The van der Waals surface area contributed by atoms with E-state index in [-0.39, 0.29) is 0 Å². The van der Waals surface area contributed by atoms with Gasteiger partial charge >= 0.3 is 0 Å². The number of nitrogens with zero attached hydrogens (tertiary/aromatic N) is 3. The van der Waals surface area contributed by atoms with Crippen molar-refractivity contribution in [1.29, 1.82) is 0 Å². The number of anilines is 2. The molecule has 106 valence electrons. The lowest BCUT2D eigenvalue weighted by Crippen LogP contribution is -2.40. The van der Waals surface area contributed by atoms with Gasteiger partial charge in [0.15, 0.2) is 0 Å². The molecule has 0 aromatic carbocycles. The second kappa shape index (κ2) is 5.74. The van der Waals surface area contributed by atoms with Crippen LogP contribution in [0.4, 0.5) is 11.6 Å². The molecule has 19 heavy (non-hydrogen) atoms. The molecule has 0 amide bonds. The van der Waals surface area contributed by atoms with Crippen molar-refractivity contribution >= 4 is 11.6 Å². The van der Waals surface area contributed by atoms with Crippen molar-refractivity contribution in [1.82, 2.24) is 9.97 Å². The number of hydrogen-bond donors (Lipinski definition) is 2. The van der Waals surface area contributed by atoms with Crippen LogP contribution in [-0.4, -0.2) is 23.1 Å². The maximum absolute atomic E-state index is 5.57. The highest BCUT2D eigenvalue weighted by atomic mass is 15.3. The summed E-state index contributed by atoms with van der Waals surface area (Å²) in [7, 11) is 0. The molecular weight excluding hydrogens is 238 g/mol. The molecule has 5 nitrogen and oxygen atoms in total. The van der Waals surface area contributed by atoms with Gasteiger partial charge in [-0.1, -0.05) is 20.8 Å². The van der Waals surface area contributed by atoms with E-state index in [9.17, 15) is 0 Å². The van der Waals surface area contributed by atoms with Gasteiger partial charge in [0, 0.05) is 25.1 Å². The van der Waals surface area contributed by atoms with Crippen LogP contribution in [0.15, 0.2) is 0 Å². The van der Waals surface area contributed by atoms with Crippen LogP contribution >= 0.6 is 0 Å². The van der Waals surface area contributed by atoms with Crippen LogP contribution in [0.1, 0.15) is 38.6 Å². The highest BCUT2D eigenvalue weighted by molar-refractivity contribution is 5.58. The predicted octanol–water partition coefficient (Wildman–Crippen LogP) is 2.12. The van der Waals surface area contributed by atoms with Crippen LogP contribution in [0, 0.1) is 18.8 Å². The monoisotopic (exact) mass is 263 g/mol. The maximum atomic E-state index is 5.57. The van der Waals surface area contributed by atoms with E-state index in [1.54, 1.807) is 0 Å². The van der Waals surface area contributed by atoms with E-state index in [0.717, 1.165) is 42.5 Å². The van der Waals surface area contributed by atoms with Crippen molar-refractivity contribution in [2.75, 3.05) is 23.4 Å². The number of rotatable bonds is 3. The molecule has 0 spiro atoms. The number of aromatic nitrogens is 2. The fourth-order valence-electron chi connectivity index (χ4n) is 2.99. The third-order valence-corrected chi connectivity index (χ3v) is 3.79. The van der Waals surface area contributed by atoms with Gasteiger partial charge in [-0.2, -0.15) is 0 Å². The van der Waals surface area contributed by atoms with E-state index < -0.39 is 0 Å². The molecule has 3 N–H and O–H groups in total. The second-order valence-electron chi connectivity index (χ2n) is 5.79. The molecule has 0 bridgehead atoms. The van der Waals surface area contributed by atoms with E-state index in [4.69, 9.17) is 10.8 Å². The third kappa shape index (κ3) is 2.97. The summed E-state index contributed by atoms with van der Waals surface area (Å²) in [5.41, 5.74) is 3.74. The van der Waals surface area contributed by atoms with Gasteiger partial charge in [-0.05, 0) is 25.2 Å². The minimum Gasteiger partial charge on any atom is -0.356 e. The Kier molecular flexibility index (Phi) is 4.24. The number of nitrogen functional groups attached to an aromatic ring is 1. The Morgan fingerprint density at radius 1 is 1.26 bits per heavy atom. The topological polar surface area (TPSA) is 67.1 Å². The van der Waals surface area contributed by atoms with Gasteiger partial charge in [-0.25, -0.2) is 15.8 Å². The zero-order chi connectivity index (χ0) is 14.0. The normalized spacial score (nSPS) is 23.5. The molecule has 2 heterocycles. The molecule has 2 unspecified atom stereocenters. The lowest BCUT2D eigenvalue weighted by molar-refractivity contribution is 0.355. The first kappa shape index (κ1) is 14.1. The van der Waals surface area contributed by atoms with E-state index in [1.165, 1.54) is 6.42 Å². The second-order valence-corrected chi connectivity index (χ2v) is 5.79. The summed E-state index contributed by atoms with van der Waals surface area (Å²) in [5.74, 6) is 9.61. The van der Waals surface area contributed by atoms with Gasteiger partial charge in [0.25, 0.3) is 0 Å². The summed E-state index contributed by atoms with van der Waals surface area (Å²) in [4.78, 5) is 11.5. The van der Waals surface area contributed by atoms with E-state index in [1.807, 2.05) is 6.92 Å². The third-order valence-electron chi connectivity index (χ3n) is 3.79. The highest BCUT2D eigenvalue weighted by Crippen LogP contribution is 2.29. The average molecular weight is 263 g/mol. The lowest BCUT2D eigenvalue weighted by atomic mass is 9.92. The van der Waals surface area contributed by atoms with Crippen molar-refractivity contribution in [3.8, 4) is 0 Å². The quantitative estimate of drug-likeness (QED) is 0.646. The molecule has 1 aliphatic rings. The van der Waals surface area contributed by atoms with Gasteiger partial charge < -0.3 is 10.3 Å². The van der Waals surface area contributed by atoms with Crippen LogP contribution in [0.5, 0.6) is 0 Å². The largest absolute Gasteiger partial charge is 0.356 e. The van der Waals surface area contributed by atoms with Crippen LogP contribution in [0.25, 0.3) is 0 Å². The van der Waals surface area contributed by atoms with E-state index in [0.29, 0.717) is 11.8 Å². The van der Waals surface area contributed by atoms with Crippen molar-refractivity contribution in [3.05, 3.63) is 11.4 Å². The summed E-state index contributed by atoms with van der Waals surface area (Å²) < 4.78 is 0. The van der Waals surface area contributed by atoms with E-state index >= 15 is 0 Å². The SMILES string of the molecule is CCc1nc(NN)c(C)c(N2CC(C)CC(C)C2)n1. The van der Waals surface area contributed by atoms with Crippen LogP contribution < -0.4 is 16.2 Å². The molecular formula is C14H25N5. The minimum absolute atomic E-state index is 0.706. The minimum atomic E-state index is 0.706. The predicted molar refractivity (Wildman–Crippen MR) is 79.1 cm³/mol. The standard InChI is InChI=1S/C14H25N5/c1-5-12-16-13(18-15)11(4)14(17-12)19-7-9(2)6-10(3)8-19/h9-10H,5-8,15H2,1-4H3,(H,16,17,18). The molecule has 0 aliphatic carbocycles. The van der Waals surface area contributed by atoms with E-state index in [2.05, 4.69) is 36.1 Å². The Labute approximate surface area is 115 Å². The average Bonchev–Trinajstić information content (AvgIpc) is 2.37. The Balaban J connectivity index is 2.37. The first-order chi connectivity index (χ1) is 9.05.